The lowest BCUT2D eigenvalue weighted by atomic mass is 10.0. The number of nitrogens with one attached hydrogen (secondary N) is 1. The Hall–Kier alpha value is -3.02. The lowest BCUT2D eigenvalue weighted by Crippen LogP contribution is -2.32. The Labute approximate surface area is 144 Å². The molecular formula is C19H17F2N3O. The van der Waals surface area contributed by atoms with Crippen LogP contribution in [0.15, 0.2) is 60.9 Å². The molecule has 25 heavy (non-hydrogen) atoms. The van der Waals surface area contributed by atoms with Crippen LogP contribution in [0.3, 0.4) is 0 Å². The normalized spacial score (nSPS) is 12.0. The fourth-order valence-corrected chi connectivity index (χ4v) is 2.67. The van der Waals surface area contributed by atoms with Gasteiger partial charge in [-0.1, -0.05) is 30.3 Å². The fraction of sp³-hybridized carbons (Fsp3) is 0.158. The van der Waals surface area contributed by atoms with Gasteiger partial charge in [0, 0.05) is 19.4 Å². The van der Waals surface area contributed by atoms with Crippen molar-refractivity contribution in [3.05, 3.63) is 89.5 Å². The van der Waals surface area contributed by atoms with E-state index in [1.165, 1.54) is 18.2 Å². The van der Waals surface area contributed by atoms with E-state index in [1.54, 1.807) is 54.3 Å². The summed E-state index contributed by atoms with van der Waals surface area (Å²) >= 11 is 0. The van der Waals surface area contributed by atoms with Crippen LogP contribution in [-0.4, -0.2) is 15.5 Å². The van der Waals surface area contributed by atoms with Crippen molar-refractivity contribution in [2.45, 2.75) is 12.5 Å². The number of benzene rings is 2. The van der Waals surface area contributed by atoms with E-state index in [2.05, 4.69) is 10.3 Å². The third kappa shape index (κ3) is 3.91. The molecule has 0 aliphatic rings. The molecule has 0 saturated heterocycles. The molecule has 0 aliphatic carbocycles. The molecule has 1 amide bonds. The molecule has 1 N–H and O–H groups in total. The zero-order valence-electron chi connectivity index (χ0n) is 13.6. The predicted octanol–water partition coefficient (Wildman–Crippen LogP) is 3.15. The molecule has 0 spiro atoms. The highest BCUT2D eigenvalue weighted by Gasteiger charge is 2.21. The molecule has 0 saturated carbocycles. The van der Waals surface area contributed by atoms with Crippen LogP contribution in [-0.2, 0) is 18.3 Å². The topological polar surface area (TPSA) is 46.9 Å². The zero-order chi connectivity index (χ0) is 17.8. The first-order chi connectivity index (χ1) is 12.0. The third-order valence-electron chi connectivity index (χ3n) is 3.91. The van der Waals surface area contributed by atoms with E-state index in [0.717, 1.165) is 0 Å². The molecule has 0 unspecified atom stereocenters. The minimum atomic E-state index is -0.630. The van der Waals surface area contributed by atoms with Gasteiger partial charge in [-0.25, -0.2) is 13.8 Å². The number of amides is 1. The fourth-order valence-electron chi connectivity index (χ4n) is 2.67. The van der Waals surface area contributed by atoms with Crippen LogP contribution < -0.4 is 5.32 Å². The maximum atomic E-state index is 13.8. The van der Waals surface area contributed by atoms with Crippen LogP contribution in [0.4, 0.5) is 8.78 Å². The standard InChI is InChI=1S/C19H17F2N3O/c1-24-10-9-22-19(24)18(14-6-4-7-15(20)11-14)23-17(25)12-13-5-2-3-8-16(13)21/h2-11,18H,12H2,1H3,(H,23,25)/t18-/m0/s1. The first-order valence-electron chi connectivity index (χ1n) is 7.80. The van der Waals surface area contributed by atoms with Crippen LogP contribution in [0.1, 0.15) is 23.0 Å². The Morgan fingerprint density at radius 2 is 2.00 bits per heavy atom. The van der Waals surface area contributed by atoms with Gasteiger partial charge in [-0.2, -0.15) is 0 Å². The number of hydrogen-bond donors (Lipinski definition) is 1. The van der Waals surface area contributed by atoms with E-state index in [-0.39, 0.29) is 12.3 Å². The van der Waals surface area contributed by atoms with Crippen molar-refractivity contribution in [3.63, 3.8) is 0 Å². The summed E-state index contributed by atoms with van der Waals surface area (Å²) in [5.74, 6) is -0.646. The quantitative estimate of drug-likeness (QED) is 0.775. The molecule has 3 rings (SSSR count). The second kappa shape index (κ2) is 7.25. The summed E-state index contributed by atoms with van der Waals surface area (Å²) in [5, 5.41) is 2.82. The molecule has 1 atom stereocenters. The van der Waals surface area contributed by atoms with Crippen LogP contribution in [0.5, 0.6) is 0 Å². The summed E-state index contributed by atoms with van der Waals surface area (Å²) in [5.41, 5.74) is 0.869. The summed E-state index contributed by atoms with van der Waals surface area (Å²) < 4.78 is 29.1. The molecule has 6 heteroatoms. The summed E-state index contributed by atoms with van der Waals surface area (Å²) in [7, 11) is 1.79. The van der Waals surface area contributed by atoms with Crippen molar-refractivity contribution in [2.24, 2.45) is 7.05 Å². The van der Waals surface area contributed by atoms with Gasteiger partial charge in [-0.3, -0.25) is 4.79 Å². The van der Waals surface area contributed by atoms with E-state index in [0.29, 0.717) is 17.0 Å². The van der Waals surface area contributed by atoms with Crippen molar-refractivity contribution in [1.82, 2.24) is 14.9 Å². The molecule has 0 fully saturated rings. The van der Waals surface area contributed by atoms with Crippen LogP contribution in [0.2, 0.25) is 0 Å². The molecule has 1 aromatic heterocycles. The number of nitrogens with zero attached hydrogens (tertiary/aromatic N) is 2. The van der Waals surface area contributed by atoms with Crippen LogP contribution in [0, 0.1) is 11.6 Å². The molecule has 0 radical (unpaired) electrons. The Bertz CT molecular complexity index is 892. The number of aryl methyl sites for hydroxylation is 1. The van der Waals surface area contributed by atoms with E-state index >= 15 is 0 Å². The average Bonchev–Trinajstić information content (AvgIpc) is 3.00. The van der Waals surface area contributed by atoms with Gasteiger partial charge >= 0.3 is 0 Å². The van der Waals surface area contributed by atoms with Gasteiger partial charge in [0.2, 0.25) is 5.91 Å². The molecular weight excluding hydrogens is 324 g/mol. The van der Waals surface area contributed by atoms with Gasteiger partial charge in [0.25, 0.3) is 0 Å². The Balaban J connectivity index is 1.87. The number of rotatable bonds is 5. The highest BCUT2D eigenvalue weighted by atomic mass is 19.1. The maximum Gasteiger partial charge on any atom is 0.225 e. The van der Waals surface area contributed by atoms with Crippen molar-refractivity contribution >= 4 is 5.91 Å². The molecule has 0 aliphatic heterocycles. The minimum Gasteiger partial charge on any atom is -0.342 e. The molecule has 3 aromatic rings. The number of carbonyl (C=O) groups excluding carboxylic acids is 1. The highest BCUT2D eigenvalue weighted by molar-refractivity contribution is 5.79. The summed E-state index contributed by atoms with van der Waals surface area (Å²) in [6.07, 6.45) is 3.23. The van der Waals surface area contributed by atoms with Gasteiger partial charge in [0.15, 0.2) is 0 Å². The molecule has 4 nitrogen and oxygen atoms in total. The van der Waals surface area contributed by atoms with Crippen LogP contribution in [0.25, 0.3) is 0 Å². The van der Waals surface area contributed by atoms with E-state index in [1.807, 2.05) is 0 Å². The first kappa shape index (κ1) is 16.8. The summed E-state index contributed by atoms with van der Waals surface area (Å²) in [6.45, 7) is 0. The number of aromatic nitrogens is 2. The van der Waals surface area contributed by atoms with Crippen molar-refractivity contribution < 1.29 is 13.6 Å². The van der Waals surface area contributed by atoms with Gasteiger partial charge in [0.05, 0.1) is 6.42 Å². The van der Waals surface area contributed by atoms with Crippen molar-refractivity contribution in [2.75, 3.05) is 0 Å². The largest absolute Gasteiger partial charge is 0.342 e. The van der Waals surface area contributed by atoms with Crippen LogP contribution >= 0.6 is 0 Å². The zero-order valence-corrected chi connectivity index (χ0v) is 13.6. The first-order valence-corrected chi connectivity index (χ1v) is 7.80. The maximum absolute atomic E-state index is 13.8. The Kier molecular flexibility index (Phi) is 4.88. The molecule has 128 valence electrons. The van der Waals surface area contributed by atoms with E-state index in [4.69, 9.17) is 0 Å². The number of halogens is 2. The van der Waals surface area contributed by atoms with Crippen molar-refractivity contribution in [1.29, 1.82) is 0 Å². The minimum absolute atomic E-state index is 0.108. The molecule has 0 bridgehead atoms. The monoisotopic (exact) mass is 341 g/mol. The third-order valence-corrected chi connectivity index (χ3v) is 3.91. The lowest BCUT2D eigenvalue weighted by molar-refractivity contribution is -0.121. The average molecular weight is 341 g/mol. The highest BCUT2D eigenvalue weighted by Crippen LogP contribution is 2.21. The van der Waals surface area contributed by atoms with E-state index < -0.39 is 17.7 Å². The SMILES string of the molecule is Cn1ccnc1[C@@H](NC(=O)Cc1ccccc1F)c1cccc(F)c1. The smallest absolute Gasteiger partial charge is 0.225 e. The number of imidazole rings is 1. The molecule has 2 aromatic carbocycles. The van der Waals surface area contributed by atoms with Gasteiger partial charge in [-0.15, -0.1) is 0 Å². The van der Waals surface area contributed by atoms with Gasteiger partial charge in [-0.05, 0) is 29.3 Å². The van der Waals surface area contributed by atoms with Crippen molar-refractivity contribution in [3.8, 4) is 0 Å². The predicted molar refractivity (Wildman–Crippen MR) is 89.7 cm³/mol. The van der Waals surface area contributed by atoms with Gasteiger partial charge in [0.1, 0.15) is 23.5 Å². The number of hydrogen-bond acceptors (Lipinski definition) is 2. The van der Waals surface area contributed by atoms with E-state index in [9.17, 15) is 13.6 Å². The van der Waals surface area contributed by atoms with Gasteiger partial charge < -0.3 is 9.88 Å². The summed E-state index contributed by atoms with van der Waals surface area (Å²) in [6, 6.07) is 11.5. The second-order valence-corrected chi connectivity index (χ2v) is 5.72. The second-order valence-electron chi connectivity index (χ2n) is 5.72. The summed E-state index contributed by atoms with van der Waals surface area (Å²) in [4.78, 5) is 16.7. The lowest BCUT2D eigenvalue weighted by Gasteiger charge is -2.19. The Morgan fingerprint density at radius 3 is 2.68 bits per heavy atom. The molecule has 1 heterocycles. The Morgan fingerprint density at radius 1 is 1.20 bits per heavy atom. The number of carbonyl (C=O) groups is 1.